The molecule has 0 aliphatic carbocycles. The summed E-state index contributed by atoms with van der Waals surface area (Å²) >= 11 is 0. The first-order valence-corrected chi connectivity index (χ1v) is 6.60. The summed E-state index contributed by atoms with van der Waals surface area (Å²) in [6, 6.07) is 10.2. The second-order valence-electron chi connectivity index (χ2n) is 4.97. The lowest BCUT2D eigenvalue weighted by Gasteiger charge is -2.07. The summed E-state index contributed by atoms with van der Waals surface area (Å²) in [4.78, 5) is 2.18. The Morgan fingerprint density at radius 1 is 1.21 bits per heavy atom. The van der Waals surface area contributed by atoms with Gasteiger partial charge in [-0.25, -0.2) is 4.68 Å². The van der Waals surface area contributed by atoms with Crippen LogP contribution in [0.25, 0.3) is 5.69 Å². The van der Waals surface area contributed by atoms with Crippen LogP contribution in [0.4, 0.5) is 5.82 Å². The molecule has 1 aromatic carbocycles. The van der Waals surface area contributed by atoms with Gasteiger partial charge in [-0.15, -0.1) is 0 Å². The van der Waals surface area contributed by atoms with E-state index in [9.17, 15) is 0 Å². The van der Waals surface area contributed by atoms with Crippen LogP contribution in [0.2, 0.25) is 0 Å². The van der Waals surface area contributed by atoms with E-state index in [1.807, 2.05) is 29.9 Å². The van der Waals surface area contributed by atoms with Crippen molar-refractivity contribution in [3.05, 3.63) is 41.6 Å². The molecule has 0 bridgehead atoms. The van der Waals surface area contributed by atoms with Crippen LogP contribution in [0.1, 0.15) is 11.3 Å². The van der Waals surface area contributed by atoms with Gasteiger partial charge in [-0.2, -0.15) is 5.10 Å². The summed E-state index contributed by atoms with van der Waals surface area (Å²) in [5.41, 5.74) is 3.47. The molecule has 0 aliphatic heterocycles. The lowest BCUT2D eigenvalue weighted by molar-refractivity contribution is 0.411. The van der Waals surface area contributed by atoms with Gasteiger partial charge in [0, 0.05) is 25.6 Å². The Morgan fingerprint density at radius 3 is 2.47 bits per heavy atom. The number of anilines is 1. The molecule has 0 aliphatic rings. The van der Waals surface area contributed by atoms with Crippen LogP contribution in [-0.2, 0) is 6.42 Å². The molecule has 1 N–H and O–H groups in total. The van der Waals surface area contributed by atoms with Gasteiger partial charge in [0.15, 0.2) is 0 Å². The maximum Gasteiger partial charge on any atom is 0.132 e. The molecule has 1 aromatic heterocycles. The SMILES string of the molecule is CNc1c(C)c(CCN(C)C)nn1-c1ccccc1. The Hall–Kier alpha value is -1.81. The Morgan fingerprint density at radius 2 is 1.89 bits per heavy atom. The number of benzene rings is 1. The largest absolute Gasteiger partial charge is 0.373 e. The molecule has 19 heavy (non-hydrogen) atoms. The summed E-state index contributed by atoms with van der Waals surface area (Å²) in [7, 11) is 6.12. The molecule has 2 aromatic rings. The van der Waals surface area contributed by atoms with Crippen molar-refractivity contribution in [3.8, 4) is 5.69 Å². The zero-order chi connectivity index (χ0) is 13.8. The van der Waals surface area contributed by atoms with Crippen LogP contribution in [0.3, 0.4) is 0 Å². The zero-order valence-electron chi connectivity index (χ0n) is 12.1. The average molecular weight is 258 g/mol. The van der Waals surface area contributed by atoms with Gasteiger partial charge < -0.3 is 10.2 Å². The molecule has 0 fully saturated rings. The van der Waals surface area contributed by atoms with E-state index in [1.54, 1.807) is 0 Å². The van der Waals surface area contributed by atoms with Gasteiger partial charge in [-0.3, -0.25) is 0 Å². The van der Waals surface area contributed by atoms with Gasteiger partial charge in [0.2, 0.25) is 0 Å². The van der Waals surface area contributed by atoms with E-state index >= 15 is 0 Å². The molecule has 0 unspecified atom stereocenters. The summed E-state index contributed by atoms with van der Waals surface area (Å²) in [5.74, 6) is 1.07. The third kappa shape index (κ3) is 2.96. The van der Waals surface area contributed by atoms with Crippen LogP contribution in [0.15, 0.2) is 30.3 Å². The second-order valence-corrected chi connectivity index (χ2v) is 4.97. The van der Waals surface area contributed by atoms with Crippen LogP contribution in [-0.4, -0.2) is 42.4 Å². The fraction of sp³-hybridized carbons (Fsp3) is 0.400. The standard InChI is InChI=1S/C15H22N4/c1-12-14(10-11-18(3)4)17-19(15(12)16-2)13-8-6-5-7-9-13/h5-9,16H,10-11H2,1-4H3. The van der Waals surface area contributed by atoms with Crippen molar-refractivity contribution in [2.45, 2.75) is 13.3 Å². The average Bonchev–Trinajstić information content (AvgIpc) is 2.74. The van der Waals surface area contributed by atoms with Gasteiger partial charge in [0.05, 0.1) is 11.4 Å². The number of para-hydroxylation sites is 1. The Balaban J connectivity index is 2.36. The predicted octanol–water partition coefficient (Wildman–Crippen LogP) is 2.33. The molecule has 4 heteroatoms. The highest BCUT2D eigenvalue weighted by Crippen LogP contribution is 2.23. The minimum absolute atomic E-state index is 0.966. The Bertz CT molecular complexity index is 529. The lowest BCUT2D eigenvalue weighted by Crippen LogP contribution is -2.15. The van der Waals surface area contributed by atoms with E-state index < -0.39 is 0 Å². The number of hydrogen-bond donors (Lipinski definition) is 1. The molecule has 0 atom stereocenters. The topological polar surface area (TPSA) is 33.1 Å². The monoisotopic (exact) mass is 258 g/mol. The number of rotatable bonds is 5. The predicted molar refractivity (Wildman–Crippen MR) is 80.1 cm³/mol. The minimum atomic E-state index is 0.966. The quantitative estimate of drug-likeness (QED) is 0.893. The van der Waals surface area contributed by atoms with Gasteiger partial charge in [0.1, 0.15) is 5.82 Å². The maximum atomic E-state index is 4.75. The first-order valence-electron chi connectivity index (χ1n) is 6.60. The van der Waals surface area contributed by atoms with Gasteiger partial charge in [-0.05, 0) is 33.2 Å². The smallest absolute Gasteiger partial charge is 0.132 e. The van der Waals surface area contributed by atoms with Crippen molar-refractivity contribution in [3.63, 3.8) is 0 Å². The summed E-state index contributed by atoms with van der Waals surface area (Å²) in [6.07, 6.45) is 0.966. The number of aromatic nitrogens is 2. The maximum absolute atomic E-state index is 4.75. The first-order chi connectivity index (χ1) is 9.13. The lowest BCUT2D eigenvalue weighted by atomic mass is 10.2. The highest BCUT2D eigenvalue weighted by molar-refractivity contribution is 5.52. The summed E-state index contributed by atoms with van der Waals surface area (Å²) in [5, 5.41) is 8.01. The summed E-state index contributed by atoms with van der Waals surface area (Å²) in [6.45, 7) is 3.14. The van der Waals surface area contributed by atoms with Crippen molar-refractivity contribution in [2.75, 3.05) is 33.0 Å². The molecular weight excluding hydrogens is 236 g/mol. The van der Waals surface area contributed by atoms with Crippen LogP contribution in [0.5, 0.6) is 0 Å². The molecule has 0 amide bonds. The Labute approximate surface area is 115 Å². The minimum Gasteiger partial charge on any atom is -0.373 e. The first kappa shape index (κ1) is 13.6. The molecular formula is C15H22N4. The van der Waals surface area contributed by atoms with Crippen molar-refractivity contribution >= 4 is 5.82 Å². The van der Waals surface area contributed by atoms with Crippen molar-refractivity contribution in [2.24, 2.45) is 0 Å². The Kier molecular flexibility index (Phi) is 4.22. The third-order valence-corrected chi connectivity index (χ3v) is 3.25. The molecule has 102 valence electrons. The van der Waals surface area contributed by atoms with Crippen LogP contribution >= 0.6 is 0 Å². The molecule has 0 radical (unpaired) electrons. The molecule has 4 nitrogen and oxygen atoms in total. The zero-order valence-corrected chi connectivity index (χ0v) is 12.1. The number of nitrogens with zero attached hydrogens (tertiary/aromatic N) is 3. The van der Waals surface area contributed by atoms with E-state index in [4.69, 9.17) is 5.10 Å². The van der Waals surface area contributed by atoms with E-state index in [0.29, 0.717) is 0 Å². The van der Waals surface area contributed by atoms with Crippen LogP contribution < -0.4 is 5.32 Å². The number of likely N-dealkylation sites (N-methyl/N-ethyl adjacent to an activating group) is 1. The molecule has 1 heterocycles. The third-order valence-electron chi connectivity index (χ3n) is 3.25. The van der Waals surface area contributed by atoms with Crippen molar-refractivity contribution < 1.29 is 0 Å². The normalized spacial score (nSPS) is 11.0. The molecule has 0 saturated heterocycles. The number of hydrogen-bond acceptors (Lipinski definition) is 3. The van der Waals surface area contributed by atoms with Crippen molar-refractivity contribution in [1.29, 1.82) is 0 Å². The second kappa shape index (κ2) is 5.89. The molecule has 2 rings (SSSR count). The number of nitrogens with one attached hydrogen (secondary N) is 1. The van der Waals surface area contributed by atoms with E-state index in [1.165, 1.54) is 5.56 Å². The fourth-order valence-corrected chi connectivity index (χ4v) is 2.16. The van der Waals surface area contributed by atoms with Gasteiger partial charge >= 0.3 is 0 Å². The van der Waals surface area contributed by atoms with E-state index in [2.05, 4.69) is 43.4 Å². The van der Waals surface area contributed by atoms with Gasteiger partial charge in [-0.1, -0.05) is 18.2 Å². The molecule has 0 spiro atoms. The fourth-order valence-electron chi connectivity index (χ4n) is 2.16. The van der Waals surface area contributed by atoms with Gasteiger partial charge in [0.25, 0.3) is 0 Å². The highest BCUT2D eigenvalue weighted by Gasteiger charge is 2.14. The van der Waals surface area contributed by atoms with Crippen molar-refractivity contribution in [1.82, 2.24) is 14.7 Å². The highest BCUT2D eigenvalue weighted by atomic mass is 15.3. The summed E-state index contributed by atoms with van der Waals surface area (Å²) < 4.78 is 1.99. The molecule has 0 saturated carbocycles. The van der Waals surface area contributed by atoms with E-state index in [0.717, 1.165) is 30.2 Å². The van der Waals surface area contributed by atoms with E-state index in [-0.39, 0.29) is 0 Å². The van der Waals surface area contributed by atoms with Crippen LogP contribution in [0, 0.1) is 6.92 Å².